The van der Waals surface area contributed by atoms with Gasteiger partial charge in [0.15, 0.2) is 0 Å². The molecule has 2 aromatic heterocycles. The van der Waals surface area contributed by atoms with Gasteiger partial charge in [-0.15, -0.1) is 0 Å². The topological polar surface area (TPSA) is 132 Å². The maximum absolute atomic E-state index is 12.0. The maximum atomic E-state index is 12.0. The van der Waals surface area contributed by atoms with Gasteiger partial charge in [0.1, 0.15) is 18.6 Å². The molecule has 2 heterocycles. The summed E-state index contributed by atoms with van der Waals surface area (Å²) in [5.74, 6) is 0.175. The summed E-state index contributed by atoms with van der Waals surface area (Å²) in [7, 11) is 0. The van der Waals surface area contributed by atoms with Crippen LogP contribution in [0.1, 0.15) is 18.7 Å². The highest BCUT2D eigenvalue weighted by Gasteiger charge is 2.29. The van der Waals surface area contributed by atoms with Crippen molar-refractivity contribution in [2.24, 2.45) is 5.92 Å². The predicted molar refractivity (Wildman–Crippen MR) is 87.8 cm³/mol. The summed E-state index contributed by atoms with van der Waals surface area (Å²) in [6.07, 6.45) is 4.46. The monoisotopic (exact) mass is 344 g/mol. The van der Waals surface area contributed by atoms with Crippen molar-refractivity contribution >= 4 is 29.1 Å². The zero-order valence-electron chi connectivity index (χ0n) is 13.4. The highest BCUT2D eigenvalue weighted by atomic mass is 16.6. The van der Waals surface area contributed by atoms with E-state index in [1.807, 2.05) is 0 Å². The van der Waals surface area contributed by atoms with E-state index in [2.05, 4.69) is 20.6 Å². The summed E-state index contributed by atoms with van der Waals surface area (Å²) >= 11 is 0. The van der Waals surface area contributed by atoms with Gasteiger partial charge in [0.05, 0.1) is 11.9 Å². The summed E-state index contributed by atoms with van der Waals surface area (Å²) in [6.45, 7) is 1.48. The molecule has 0 unspecified atom stereocenters. The first-order valence-corrected chi connectivity index (χ1v) is 7.67. The highest BCUT2D eigenvalue weighted by molar-refractivity contribution is 5.94. The Bertz CT molecular complexity index is 825. The van der Waals surface area contributed by atoms with Crippen molar-refractivity contribution in [3.63, 3.8) is 0 Å². The van der Waals surface area contributed by atoms with E-state index in [-0.39, 0.29) is 30.1 Å². The van der Waals surface area contributed by atoms with Crippen molar-refractivity contribution in [2.45, 2.75) is 26.3 Å². The fourth-order valence-electron chi connectivity index (χ4n) is 2.21. The Balaban J connectivity index is 1.57. The van der Waals surface area contributed by atoms with Crippen LogP contribution in [0.15, 0.2) is 24.5 Å². The second-order valence-electron chi connectivity index (χ2n) is 5.78. The van der Waals surface area contributed by atoms with E-state index in [1.165, 1.54) is 17.0 Å². The molecule has 1 saturated carbocycles. The van der Waals surface area contributed by atoms with Crippen LogP contribution in [0.2, 0.25) is 0 Å². The number of carbonyl (C=O) groups is 2. The number of nitro groups is 1. The van der Waals surface area contributed by atoms with Gasteiger partial charge in [0.2, 0.25) is 17.6 Å². The molecule has 2 N–H and O–H groups in total. The van der Waals surface area contributed by atoms with Crippen LogP contribution in [-0.2, 0) is 16.1 Å². The van der Waals surface area contributed by atoms with Gasteiger partial charge in [-0.05, 0) is 34.9 Å². The highest BCUT2D eigenvalue weighted by Crippen LogP contribution is 2.29. The SMILES string of the molecule is Cc1nc([N+](=O)[O-])cn1CC(=O)Nc1ccc(NC(=O)C2CC2)nc1. The first kappa shape index (κ1) is 16.6. The molecule has 0 aliphatic heterocycles. The van der Waals surface area contributed by atoms with Crippen LogP contribution in [0.5, 0.6) is 0 Å². The molecule has 0 spiro atoms. The molecule has 0 atom stereocenters. The van der Waals surface area contributed by atoms with Crippen LogP contribution in [0.25, 0.3) is 0 Å². The van der Waals surface area contributed by atoms with Gasteiger partial charge in [-0.3, -0.25) is 14.2 Å². The number of hydrogen-bond donors (Lipinski definition) is 2. The Labute approximate surface area is 142 Å². The van der Waals surface area contributed by atoms with E-state index < -0.39 is 4.92 Å². The molecule has 1 aliphatic rings. The number of nitrogens with zero attached hydrogens (tertiary/aromatic N) is 4. The van der Waals surface area contributed by atoms with Crippen LogP contribution in [-0.4, -0.2) is 31.3 Å². The van der Waals surface area contributed by atoms with Crippen LogP contribution in [0.4, 0.5) is 17.3 Å². The molecule has 130 valence electrons. The molecule has 0 saturated heterocycles. The number of amides is 2. The van der Waals surface area contributed by atoms with Gasteiger partial charge in [-0.2, -0.15) is 0 Å². The summed E-state index contributed by atoms with van der Waals surface area (Å²) in [5.41, 5.74) is 0.460. The van der Waals surface area contributed by atoms with Gasteiger partial charge in [-0.1, -0.05) is 0 Å². The number of carbonyl (C=O) groups excluding carboxylic acids is 2. The van der Waals surface area contributed by atoms with Crippen molar-refractivity contribution in [3.05, 3.63) is 40.5 Å². The van der Waals surface area contributed by atoms with Crippen molar-refractivity contribution < 1.29 is 14.5 Å². The van der Waals surface area contributed by atoms with Gasteiger partial charge in [0, 0.05) is 12.8 Å². The molecule has 2 amide bonds. The third kappa shape index (κ3) is 4.16. The summed E-state index contributed by atoms with van der Waals surface area (Å²) in [4.78, 5) is 41.6. The van der Waals surface area contributed by atoms with Gasteiger partial charge < -0.3 is 20.7 Å². The second-order valence-corrected chi connectivity index (χ2v) is 5.78. The maximum Gasteiger partial charge on any atom is 0.381 e. The molecule has 1 fully saturated rings. The molecule has 3 rings (SSSR count). The van der Waals surface area contributed by atoms with Crippen molar-refractivity contribution in [1.82, 2.24) is 14.5 Å². The minimum absolute atomic E-state index is 0.0403. The normalized spacial score (nSPS) is 13.3. The van der Waals surface area contributed by atoms with Crippen molar-refractivity contribution in [2.75, 3.05) is 10.6 Å². The number of nitrogens with one attached hydrogen (secondary N) is 2. The van der Waals surface area contributed by atoms with E-state index in [0.29, 0.717) is 17.3 Å². The van der Waals surface area contributed by atoms with E-state index in [0.717, 1.165) is 12.8 Å². The van der Waals surface area contributed by atoms with E-state index in [1.54, 1.807) is 19.1 Å². The third-order valence-corrected chi connectivity index (χ3v) is 3.71. The molecular weight excluding hydrogens is 328 g/mol. The standard InChI is InChI=1S/C15H16N6O4/c1-9-17-13(21(24)25)7-20(9)8-14(22)18-11-4-5-12(16-6-11)19-15(23)10-2-3-10/h4-7,10H,2-3,8H2,1H3,(H,18,22)(H,16,19,23). The van der Waals surface area contributed by atoms with Gasteiger partial charge in [0.25, 0.3) is 0 Å². The number of pyridine rings is 1. The lowest BCUT2D eigenvalue weighted by Crippen LogP contribution is -2.19. The zero-order valence-corrected chi connectivity index (χ0v) is 13.4. The quantitative estimate of drug-likeness (QED) is 0.602. The Kier molecular flexibility index (Phi) is 4.42. The third-order valence-electron chi connectivity index (χ3n) is 3.71. The number of anilines is 2. The van der Waals surface area contributed by atoms with E-state index >= 15 is 0 Å². The molecule has 0 radical (unpaired) electrons. The van der Waals surface area contributed by atoms with Gasteiger partial charge in [-0.25, -0.2) is 4.98 Å². The first-order chi connectivity index (χ1) is 11.9. The Hall–Kier alpha value is -3.30. The summed E-state index contributed by atoms with van der Waals surface area (Å²) in [5, 5.41) is 16.0. The molecule has 0 bridgehead atoms. The lowest BCUT2D eigenvalue weighted by molar-refractivity contribution is -0.389. The summed E-state index contributed by atoms with van der Waals surface area (Å²) < 4.78 is 1.39. The number of aromatic nitrogens is 3. The smallest absolute Gasteiger partial charge is 0.358 e. The van der Waals surface area contributed by atoms with Crippen molar-refractivity contribution in [1.29, 1.82) is 0 Å². The lowest BCUT2D eigenvalue weighted by atomic mass is 10.3. The fraction of sp³-hybridized carbons (Fsp3) is 0.333. The summed E-state index contributed by atoms with van der Waals surface area (Å²) in [6, 6.07) is 3.22. The van der Waals surface area contributed by atoms with E-state index in [4.69, 9.17) is 0 Å². The number of hydrogen-bond acceptors (Lipinski definition) is 6. The molecule has 2 aromatic rings. The molecule has 10 nitrogen and oxygen atoms in total. The minimum atomic E-state index is -0.611. The van der Waals surface area contributed by atoms with Crippen LogP contribution in [0, 0.1) is 23.0 Å². The molecule has 0 aromatic carbocycles. The first-order valence-electron chi connectivity index (χ1n) is 7.67. The molecule has 25 heavy (non-hydrogen) atoms. The molecular formula is C15H16N6O4. The Morgan fingerprint density at radius 3 is 2.68 bits per heavy atom. The second kappa shape index (κ2) is 6.67. The van der Waals surface area contributed by atoms with Crippen molar-refractivity contribution in [3.8, 4) is 0 Å². The van der Waals surface area contributed by atoms with E-state index in [9.17, 15) is 19.7 Å². The lowest BCUT2D eigenvalue weighted by Gasteiger charge is -2.07. The fourth-order valence-corrected chi connectivity index (χ4v) is 2.21. The van der Waals surface area contributed by atoms with Crippen LogP contribution in [0.3, 0.4) is 0 Å². The predicted octanol–water partition coefficient (Wildman–Crippen LogP) is 1.48. The zero-order chi connectivity index (χ0) is 18.0. The van der Waals surface area contributed by atoms with Crippen LogP contribution >= 0.6 is 0 Å². The Morgan fingerprint density at radius 2 is 2.12 bits per heavy atom. The average molecular weight is 344 g/mol. The largest absolute Gasteiger partial charge is 0.381 e. The number of aryl methyl sites for hydroxylation is 1. The number of rotatable bonds is 6. The average Bonchev–Trinajstić information content (AvgIpc) is 3.34. The molecule has 1 aliphatic carbocycles. The Morgan fingerprint density at radius 1 is 1.36 bits per heavy atom. The van der Waals surface area contributed by atoms with Crippen LogP contribution < -0.4 is 10.6 Å². The van der Waals surface area contributed by atoms with Gasteiger partial charge >= 0.3 is 5.82 Å². The molecule has 10 heteroatoms. The number of imidazole rings is 1. The minimum Gasteiger partial charge on any atom is -0.358 e.